The first-order valence-corrected chi connectivity index (χ1v) is 12.2. The van der Waals surface area contributed by atoms with Crippen molar-refractivity contribution >= 4 is 40.0 Å². The second-order valence-electron chi connectivity index (χ2n) is 8.72. The first-order chi connectivity index (χ1) is 16.7. The van der Waals surface area contributed by atoms with Crippen molar-refractivity contribution in [3.63, 3.8) is 0 Å². The van der Waals surface area contributed by atoms with E-state index in [0.717, 1.165) is 5.39 Å². The van der Waals surface area contributed by atoms with Crippen LogP contribution in [0.5, 0.6) is 0 Å². The van der Waals surface area contributed by atoms with Gasteiger partial charge in [0, 0.05) is 27.7 Å². The highest BCUT2D eigenvalue weighted by Crippen LogP contribution is 2.32. The largest absolute Gasteiger partial charge is 0.391 e. The van der Waals surface area contributed by atoms with Crippen molar-refractivity contribution in [2.24, 2.45) is 5.92 Å². The smallest absolute Gasteiger partial charge is 0.375 e. The Balaban J connectivity index is 1.54. The zero-order valence-electron chi connectivity index (χ0n) is 18.8. The van der Waals surface area contributed by atoms with Crippen LogP contribution in [0.4, 0.5) is 13.2 Å². The van der Waals surface area contributed by atoms with E-state index in [4.69, 9.17) is 27.9 Å². The number of alkyl halides is 3. The Labute approximate surface area is 211 Å². The molecule has 2 heterocycles. The Morgan fingerprint density at radius 1 is 1.11 bits per heavy atom. The van der Waals surface area contributed by atoms with Gasteiger partial charge in [0.2, 0.25) is 0 Å². The highest BCUT2D eigenvalue weighted by Gasteiger charge is 2.37. The molecule has 0 spiro atoms. The summed E-state index contributed by atoms with van der Waals surface area (Å²) < 4.78 is 45.9. The molecule has 3 aromatic rings. The second kappa shape index (κ2) is 11.2. The number of aromatic nitrogens is 1. The number of hydrogen-bond acceptors (Lipinski definition) is 3. The number of ether oxygens (including phenoxy) is 1. The molecule has 2 aromatic carbocycles. The fourth-order valence-corrected chi connectivity index (χ4v) is 4.95. The lowest BCUT2D eigenvalue weighted by Gasteiger charge is -2.32. The van der Waals surface area contributed by atoms with E-state index in [9.17, 15) is 18.0 Å². The molecule has 1 aliphatic heterocycles. The van der Waals surface area contributed by atoms with Gasteiger partial charge >= 0.3 is 6.18 Å². The molecule has 1 amide bonds. The number of benzene rings is 2. The van der Waals surface area contributed by atoms with Crippen LogP contribution < -0.4 is 10.6 Å². The molecular formula is C25H26Cl2F3N3O2. The van der Waals surface area contributed by atoms with E-state index in [1.165, 1.54) is 0 Å². The van der Waals surface area contributed by atoms with Gasteiger partial charge in [0.25, 0.3) is 5.91 Å². The number of rotatable bonds is 8. The summed E-state index contributed by atoms with van der Waals surface area (Å²) in [6.45, 7) is 1.16. The Morgan fingerprint density at radius 3 is 2.57 bits per heavy atom. The van der Waals surface area contributed by atoms with Crippen LogP contribution in [0.1, 0.15) is 41.2 Å². The monoisotopic (exact) mass is 527 g/mol. The zero-order chi connectivity index (χ0) is 25.0. The summed E-state index contributed by atoms with van der Waals surface area (Å²) in [5.41, 5.74) is 1.64. The molecule has 1 fully saturated rings. The Hall–Kier alpha value is -2.26. The van der Waals surface area contributed by atoms with E-state index < -0.39 is 30.7 Å². The fourth-order valence-electron chi connectivity index (χ4n) is 4.47. The number of nitrogens with one attached hydrogen (secondary N) is 3. The molecule has 4 rings (SSSR count). The SMILES string of the molecule is O=C(NC(COC(CC(F)(F)F)C1CCNCC1)c1ccccc1Cl)c1ccc2c(Cl)c[nH]c2c1. The number of carbonyl (C=O) groups excluding carboxylic acids is 1. The van der Waals surface area contributed by atoms with Gasteiger partial charge in [0.15, 0.2) is 0 Å². The van der Waals surface area contributed by atoms with E-state index in [-0.39, 0.29) is 12.5 Å². The predicted octanol–water partition coefficient (Wildman–Crippen LogP) is 6.28. The zero-order valence-corrected chi connectivity index (χ0v) is 20.3. The average molecular weight is 528 g/mol. The topological polar surface area (TPSA) is 66.2 Å². The van der Waals surface area contributed by atoms with Gasteiger partial charge < -0.3 is 20.4 Å². The Bertz CT molecular complexity index is 1160. The summed E-state index contributed by atoms with van der Waals surface area (Å²) in [5, 5.41) is 7.78. The van der Waals surface area contributed by atoms with Crippen LogP contribution in [0.25, 0.3) is 10.9 Å². The molecule has 35 heavy (non-hydrogen) atoms. The summed E-state index contributed by atoms with van der Waals surface area (Å²) in [7, 11) is 0. The summed E-state index contributed by atoms with van der Waals surface area (Å²) in [6, 6.07) is 11.2. The number of amides is 1. The molecular weight excluding hydrogens is 502 g/mol. The fraction of sp³-hybridized carbons (Fsp3) is 0.400. The van der Waals surface area contributed by atoms with Crippen molar-refractivity contribution in [3.05, 3.63) is 69.8 Å². The molecule has 0 aliphatic carbocycles. The van der Waals surface area contributed by atoms with Gasteiger partial charge in [-0.15, -0.1) is 0 Å². The second-order valence-corrected chi connectivity index (χ2v) is 9.54. The van der Waals surface area contributed by atoms with Crippen molar-refractivity contribution in [1.29, 1.82) is 0 Å². The first kappa shape index (κ1) is 25.8. The highest BCUT2D eigenvalue weighted by atomic mass is 35.5. The van der Waals surface area contributed by atoms with Crippen molar-refractivity contribution in [2.45, 2.75) is 37.6 Å². The van der Waals surface area contributed by atoms with E-state index in [2.05, 4.69) is 15.6 Å². The summed E-state index contributed by atoms with van der Waals surface area (Å²) in [6.07, 6.45) is -3.56. The molecule has 0 radical (unpaired) electrons. The molecule has 2 atom stereocenters. The van der Waals surface area contributed by atoms with Gasteiger partial charge in [0.05, 0.1) is 30.2 Å². The maximum absolute atomic E-state index is 13.3. The number of carbonyl (C=O) groups is 1. The lowest BCUT2D eigenvalue weighted by Crippen LogP contribution is -2.40. The molecule has 0 saturated carbocycles. The van der Waals surface area contributed by atoms with Gasteiger partial charge in [-0.2, -0.15) is 13.2 Å². The summed E-state index contributed by atoms with van der Waals surface area (Å²) in [4.78, 5) is 16.1. The quantitative estimate of drug-likeness (QED) is 0.322. The number of hydrogen-bond donors (Lipinski definition) is 3. The molecule has 1 aromatic heterocycles. The molecule has 3 N–H and O–H groups in total. The van der Waals surface area contributed by atoms with E-state index in [1.54, 1.807) is 48.7 Å². The van der Waals surface area contributed by atoms with Crippen LogP contribution in [0.3, 0.4) is 0 Å². The number of halogens is 5. The van der Waals surface area contributed by atoms with Crippen LogP contribution in [0.2, 0.25) is 10.0 Å². The van der Waals surface area contributed by atoms with E-state index in [0.29, 0.717) is 52.6 Å². The van der Waals surface area contributed by atoms with Gasteiger partial charge in [-0.1, -0.05) is 47.5 Å². The van der Waals surface area contributed by atoms with Crippen LogP contribution >= 0.6 is 23.2 Å². The highest BCUT2D eigenvalue weighted by molar-refractivity contribution is 6.35. The molecule has 2 unspecified atom stereocenters. The van der Waals surface area contributed by atoms with Gasteiger partial charge in [-0.05, 0) is 55.6 Å². The Kier molecular flexibility index (Phi) is 8.27. The first-order valence-electron chi connectivity index (χ1n) is 11.4. The van der Waals surface area contributed by atoms with Crippen molar-refractivity contribution < 1.29 is 22.7 Å². The standard InChI is InChI=1S/C25H26Cl2F3N3O2/c26-19-4-2-1-3-17(19)22(14-35-23(12-25(28,29)30)15-7-9-31-10-8-15)33-24(34)16-5-6-18-20(27)13-32-21(18)11-16/h1-6,11,13,15,22-23,31-32H,7-10,12,14H2,(H,33,34). The van der Waals surface area contributed by atoms with Crippen LogP contribution in [0, 0.1) is 5.92 Å². The summed E-state index contributed by atoms with van der Waals surface area (Å²) >= 11 is 12.5. The predicted molar refractivity (Wildman–Crippen MR) is 131 cm³/mol. The lowest BCUT2D eigenvalue weighted by molar-refractivity contribution is -0.170. The van der Waals surface area contributed by atoms with Crippen molar-refractivity contribution in [1.82, 2.24) is 15.6 Å². The van der Waals surface area contributed by atoms with Crippen molar-refractivity contribution in [3.8, 4) is 0 Å². The van der Waals surface area contributed by atoms with Gasteiger partial charge in [-0.25, -0.2) is 0 Å². The number of H-pyrrole nitrogens is 1. The third kappa shape index (κ3) is 6.70. The van der Waals surface area contributed by atoms with Gasteiger partial charge in [-0.3, -0.25) is 4.79 Å². The van der Waals surface area contributed by atoms with Crippen LogP contribution in [-0.4, -0.2) is 42.9 Å². The van der Waals surface area contributed by atoms with Crippen LogP contribution in [-0.2, 0) is 4.74 Å². The minimum absolute atomic E-state index is 0.142. The minimum Gasteiger partial charge on any atom is -0.375 e. The molecule has 188 valence electrons. The van der Waals surface area contributed by atoms with E-state index in [1.807, 2.05) is 0 Å². The number of fused-ring (bicyclic) bond motifs is 1. The molecule has 1 saturated heterocycles. The third-order valence-corrected chi connectivity index (χ3v) is 6.96. The third-order valence-electron chi connectivity index (χ3n) is 6.30. The maximum atomic E-state index is 13.3. The summed E-state index contributed by atoms with van der Waals surface area (Å²) in [5.74, 6) is -0.624. The lowest BCUT2D eigenvalue weighted by atomic mass is 9.90. The molecule has 0 bridgehead atoms. The number of aromatic amines is 1. The van der Waals surface area contributed by atoms with Gasteiger partial charge in [0.1, 0.15) is 0 Å². The normalized spacial score (nSPS) is 16.8. The number of piperidine rings is 1. The average Bonchev–Trinajstić information content (AvgIpc) is 3.21. The van der Waals surface area contributed by atoms with Crippen molar-refractivity contribution in [2.75, 3.05) is 19.7 Å². The minimum atomic E-state index is -4.36. The van der Waals surface area contributed by atoms with Crippen LogP contribution in [0.15, 0.2) is 48.7 Å². The molecule has 1 aliphatic rings. The molecule has 10 heteroatoms. The van der Waals surface area contributed by atoms with E-state index >= 15 is 0 Å². The molecule has 5 nitrogen and oxygen atoms in total. The Morgan fingerprint density at radius 2 is 1.86 bits per heavy atom. The maximum Gasteiger partial charge on any atom is 0.391 e.